The van der Waals surface area contributed by atoms with Crippen LogP contribution in [-0.2, 0) is 6.54 Å². The highest BCUT2D eigenvalue weighted by Crippen LogP contribution is 2.28. The summed E-state index contributed by atoms with van der Waals surface area (Å²) in [6.07, 6.45) is 1.12. The molecular formula is C17H20ClNO. The van der Waals surface area contributed by atoms with Gasteiger partial charge >= 0.3 is 0 Å². The van der Waals surface area contributed by atoms with Gasteiger partial charge in [0.05, 0.1) is 0 Å². The second kappa shape index (κ2) is 7.32. The van der Waals surface area contributed by atoms with Crippen LogP contribution in [0.5, 0.6) is 11.5 Å². The highest BCUT2D eigenvalue weighted by atomic mass is 35.5. The van der Waals surface area contributed by atoms with E-state index < -0.39 is 0 Å². The van der Waals surface area contributed by atoms with Crippen molar-refractivity contribution < 1.29 is 4.74 Å². The number of aryl methyl sites for hydroxylation is 1. The fourth-order valence-electron chi connectivity index (χ4n) is 1.93. The van der Waals surface area contributed by atoms with Gasteiger partial charge in [-0.05, 0) is 49.2 Å². The Morgan fingerprint density at radius 2 is 1.95 bits per heavy atom. The number of benzene rings is 2. The van der Waals surface area contributed by atoms with E-state index in [1.807, 2.05) is 49.4 Å². The molecule has 0 heterocycles. The van der Waals surface area contributed by atoms with Crippen molar-refractivity contribution in [2.24, 2.45) is 0 Å². The summed E-state index contributed by atoms with van der Waals surface area (Å²) < 4.78 is 5.87. The Hall–Kier alpha value is -1.51. The molecule has 0 unspecified atom stereocenters. The van der Waals surface area contributed by atoms with E-state index in [-0.39, 0.29) is 0 Å². The van der Waals surface area contributed by atoms with E-state index in [4.69, 9.17) is 16.3 Å². The molecule has 3 heteroatoms. The van der Waals surface area contributed by atoms with E-state index in [0.29, 0.717) is 0 Å². The van der Waals surface area contributed by atoms with Gasteiger partial charge in [0.15, 0.2) is 0 Å². The molecule has 2 nitrogen and oxygen atoms in total. The normalized spacial score (nSPS) is 10.6. The molecule has 1 N–H and O–H groups in total. The van der Waals surface area contributed by atoms with Crippen LogP contribution in [0.2, 0.25) is 5.02 Å². The number of ether oxygens (including phenoxy) is 1. The first-order valence-electron chi connectivity index (χ1n) is 6.93. The van der Waals surface area contributed by atoms with Gasteiger partial charge < -0.3 is 10.1 Å². The highest BCUT2D eigenvalue weighted by molar-refractivity contribution is 6.31. The van der Waals surface area contributed by atoms with Crippen molar-refractivity contribution in [1.29, 1.82) is 0 Å². The average Bonchev–Trinajstić information content (AvgIpc) is 2.44. The second-order valence-corrected chi connectivity index (χ2v) is 5.20. The first kappa shape index (κ1) is 14.9. The van der Waals surface area contributed by atoms with Crippen LogP contribution in [0.25, 0.3) is 0 Å². The molecular weight excluding hydrogens is 270 g/mol. The number of halogens is 1. The maximum Gasteiger partial charge on any atom is 0.130 e. The second-order valence-electron chi connectivity index (χ2n) is 4.80. The summed E-state index contributed by atoms with van der Waals surface area (Å²) in [6.45, 7) is 5.96. The van der Waals surface area contributed by atoms with Gasteiger partial charge in [-0.3, -0.25) is 0 Å². The van der Waals surface area contributed by atoms with Crippen LogP contribution < -0.4 is 10.1 Å². The zero-order valence-corrected chi connectivity index (χ0v) is 12.7. The third-order valence-electron chi connectivity index (χ3n) is 3.09. The largest absolute Gasteiger partial charge is 0.457 e. The molecule has 0 aliphatic heterocycles. The van der Waals surface area contributed by atoms with Crippen LogP contribution >= 0.6 is 11.6 Å². The molecule has 0 atom stereocenters. The molecule has 0 saturated carbocycles. The van der Waals surface area contributed by atoms with E-state index in [9.17, 15) is 0 Å². The van der Waals surface area contributed by atoms with Gasteiger partial charge in [0.2, 0.25) is 0 Å². The maximum absolute atomic E-state index is 6.29. The molecule has 0 saturated heterocycles. The predicted molar refractivity (Wildman–Crippen MR) is 84.7 cm³/mol. The molecule has 2 rings (SSSR count). The van der Waals surface area contributed by atoms with E-state index in [0.717, 1.165) is 47.2 Å². The lowest BCUT2D eigenvalue weighted by Gasteiger charge is -2.11. The van der Waals surface area contributed by atoms with Crippen LogP contribution in [0.15, 0.2) is 42.5 Å². The summed E-state index contributed by atoms with van der Waals surface area (Å²) >= 11 is 6.29. The summed E-state index contributed by atoms with van der Waals surface area (Å²) in [5, 5.41) is 4.08. The van der Waals surface area contributed by atoms with Crippen LogP contribution in [0.4, 0.5) is 0 Å². The monoisotopic (exact) mass is 289 g/mol. The highest BCUT2D eigenvalue weighted by Gasteiger charge is 2.05. The Balaban J connectivity index is 2.07. The van der Waals surface area contributed by atoms with Crippen molar-refractivity contribution in [2.75, 3.05) is 6.54 Å². The Morgan fingerprint density at radius 1 is 1.15 bits per heavy atom. The smallest absolute Gasteiger partial charge is 0.130 e. The number of hydrogen-bond acceptors (Lipinski definition) is 2. The van der Waals surface area contributed by atoms with Crippen LogP contribution in [0.3, 0.4) is 0 Å². The number of rotatable bonds is 6. The van der Waals surface area contributed by atoms with E-state index in [1.165, 1.54) is 0 Å². The molecule has 0 aliphatic rings. The predicted octanol–water partition coefficient (Wildman–Crippen LogP) is 4.94. The minimum absolute atomic E-state index is 0.736. The van der Waals surface area contributed by atoms with Gasteiger partial charge in [0, 0.05) is 11.6 Å². The summed E-state index contributed by atoms with van der Waals surface area (Å²) in [5.41, 5.74) is 2.20. The van der Waals surface area contributed by atoms with Gasteiger partial charge in [-0.25, -0.2) is 0 Å². The van der Waals surface area contributed by atoms with Crippen molar-refractivity contribution in [3.63, 3.8) is 0 Å². The van der Waals surface area contributed by atoms with Crippen molar-refractivity contribution in [2.45, 2.75) is 26.8 Å². The average molecular weight is 290 g/mol. The molecule has 0 bridgehead atoms. The lowest BCUT2D eigenvalue weighted by atomic mass is 10.2. The third-order valence-corrected chi connectivity index (χ3v) is 3.44. The number of nitrogens with one attached hydrogen (secondary N) is 1. The fourth-order valence-corrected chi connectivity index (χ4v) is 2.17. The molecule has 0 fully saturated rings. The van der Waals surface area contributed by atoms with Crippen molar-refractivity contribution in [3.05, 3.63) is 58.6 Å². The minimum atomic E-state index is 0.736. The van der Waals surface area contributed by atoms with E-state index in [1.54, 1.807) is 0 Å². The quantitative estimate of drug-likeness (QED) is 0.761. The fraction of sp³-hybridized carbons (Fsp3) is 0.294. The third kappa shape index (κ3) is 3.99. The van der Waals surface area contributed by atoms with E-state index >= 15 is 0 Å². The van der Waals surface area contributed by atoms with Crippen molar-refractivity contribution in [3.8, 4) is 11.5 Å². The number of hydrogen-bond donors (Lipinski definition) is 1. The molecule has 0 spiro atoms. The SMILES string of the molecule is CCCNCc1ccc(Oc2ccccc2C)cc1Cl. The van der Waals surface area contributed by atoms with Crippen LogP contribution in [0, 0.1) is 6.92 Å². The van der Waals surface area contributed by atoms with Crippen molar-refractivity contribution >= 4 is 11.6 Å². The summed E-state index contributed by atoms with van der Waals surface area (Å²) in [6, 6.07) is 13.8. The van der Waals surface area contributed by atoms with Gasteiger partial charge in [-0.1, -0.05) is 42.8 Å². The molecule has 2 aromatic carbocycles. The zero-order chi connectivity index (χ0) is 14.4. The molecule has 106 valence electrons. The Labute approximate surface area is 125 Å². The maximum atomic E-state index is 6.29. The van der Waals surface area contributed by atoms with Crippen LogP contribution in [0.1, 0.15) is 24.5 Å². The molecule has 0 aromatic heterocycles. The summed E-state index contributed by atoms with van der Waals surface area (Å²) in [4.78, 5) is 0. The molecule has 20 heavy (non-hydrogen) atoms. The topological polar surface area (TPSA) is 21.3 Å². The Morgan fingerprint density at radius 3 is 2.65 bits per heavy atom. The van der Waals surface area contributed by atoms with Crippen LogP contribution in [-0.4, -0.2) is 6.54 Å². The van der Waals surface area contributed by atoms with Gasteiger partial charge in [-0.2, -0.15) is 0 Å². The molecule has 0 aliphatic carbocycles. The zero-order valence-electron chi connectivity index (χ0n) is 11.9. The lowest BCUT2D eigenvalue weighted by Crippen LogP contribution is -2.13. The van der Waals surface area contributed by atoms with E-state index in [2.05, 4.69) is 12.2 Å². The molecule has 0 amide bonds. The lowest BCUT2D eigenvalue weighted by molar-refractivity contribution is 0.478. The Kier molecular flexibility index (Phi) is 5.45. The van der Waals surface area contributed by atoms with Gasteiger partial charge in [0.1, 0.15) is 11.5 Å². The first-order chi connectivity index (χ1) is 9.70. The molecule has 2 aromatic rings. The number of para-hydroxylation sites is 1. The van der Waals surface area contributed by atoms with Gasteiger partial charge in [-0.15, -0.1) is 0 Å². The molecule has 0 radical (unpaired) electrons. The van der Waals surface area contributed by atoms with Gasteiger partial charge in [0.25, 0.3) is 0 Å². The minimum Gasteiger partial charge on any atom is -0.457 e. The standard InChI is InChI=1S/C17H20ClNO/c1-3-10-19-12-14-8-9-15(11-16(14)18)20-17-7-5-4-6-13(17)2/h4-9,11,19H,3,10,12H2,1-2H3. The van der Waals surface area contributed by atoms with Crippen molar-refractivity contribution in [1.82, 2.24) is 5.32 Å². The Bertz CT molecular complexity index is 569. The summed E-state index contributed by atoms with van der Waals surface area (Å²) in [7, 11) is 0. The first-order valence-corrected chi connectivity index (χ1v) is 7.31. The summed E-state index contributed by atoms with van der Waals surface area (Å²) in [5.74, 6) is 1.63.